The number of carbonyl (C=O) groups is 3. The van der Waals surface area contributed by atoms with Gasteiger partial charge in [-0.25, -0.2) is 4.79 Å². The maximum Gasteiger partial charge on any atom is 0.329 e. The van der Waals surface area contributed by atoms with Crippen LogP contribution in [0.5, 0.6) is 0 Å². The summed E-state index contributed by atoms with van der Waals surface area (Å²) < 4.78 is 10.9. The first-order chi connectivity index (χ1) is 17.4. The molecule has 2 aromatic rings. The summed E-state index contributed by atoms with van der Waals surface area (Å²) in [5.74, 6) is 1.88. The molecule has 2 amide bonds. The van der Waals surface area contributed by atoms with Crippen LogP contribution in [0.15, 0.2) is 40.9 Å². The number of rotatable bonds is 6. The van der Waals surface area contributed by atoms with Gasteiger partial charge in [-0.05, 0) is 76.0 Å². The number of ether oxygens (including phenoxy) is 1. The summed E-state index contributed by atoms with van der Waals surface area (Å²) in [6.45, 7) is 2.30. The molecule has 1 N–H and O–H groups in total. The van der Waals surface area contributed by atoms with Crippen LogP contribution in [-0.2, 0) is 19.1 Å². The van der Waals surface area contributed by atoms with Gasteiger partial charge in [0.25, 0.3) is 5.91 Å². The normalized spacial score (nSPS) is 31.3. The van der Waals surface area contributed by atoms with Crippen LogP contribution in [-0.4, -0.2) is 40.4 Å². The molecule has 1 aliphatic heterocycles. The first-order valence-electron chi connectivity index (χ1n) is 13.2. The maximum atomic E-state index is 14.0. The fourth-order valence-corrected chi connectivity index (χ4v) is 7.64. The Labute approximate surface area is 210 Å². The van der Waals surface area contributed by atoms with Crippen molar-refractivity contribution in [1.29, 1.82) is 0 Å². The molecule has 4 aliphatic carbocycles. The molecule has 190 valence electrons. The van der Waals surface area contributed by atoms with Crippen LogP contribution in [0, 0.1) is 30.1 Å². The van der Waals surface area contributed by atoms with E-state index in [0.29, 0.717) is 42.0 Å². The summed E-state index contributed by atoms with van der Waals surface area (Å²) in [4.78, 5) is 42.4. The predicted octanol–water partition coefficient (Wildman–Crippen LogP) is 4.41. The van der Waals surface area contributed by atoms with Gasteiger partial charge in [0.15, 0.2) is 5.82 Å². The predicted molar refractivity (Wildman–Crippen MR) is 130 cm³/mol. The SMILES string of the molecule is Cc1cc(NC(=O)C(OC(=O)C2CCCN2C(=O)C23CC4CC(CC(C4)C2)C3)c2ccccc2)no1. The van der Waals surface area contributed by atoms with Gasteiger partial charge in [0.2, 0.25) is 12.0 Å². The van der Waals surface area contributed by atoms with Crippen molar-refractivity contribution in [3.8, 4) is 0 Å². The van der Waals surface area contributed by atoms with Crippen molar-refractivity contribution in [3.05, 3.63) is 47.7 Å². The number of benzene rings is 1. The van der Waals surface area contributed by atoms with Crippen molar-refractivity contribution < 1.29 is 23.6 Å². The van der Waals surface area contributed by atoms with Gasteiger partial charge in [-0.1, -0.05) is 35.5 Å². The third kappa shape index (κ3) is 4.20. The van der Waals surface area contributed by atoms with E-state index in [9.17, 15) is 14.4 Å². The van der Waals surface area contributed by atoms with E-state index in [1.54, 1.807) is 42.2 Å². The van der Waals surface area contributed by atoms with Gasteiger partial charge >= 0.3 is 5.97 Å². The van der Waals surface area contributed by atoms with Crippen molar-refractivity contribution in [3.63, 3.8) is 0 Å². The summed E-state index contributed by atoms with van der Waals surface area (Å²) in [5, 5.41) is 6.49. The Kier molecular flexibility index (Phi) is 5.85. The fourth-order valence-electron chi connectivity index (χ4n) is 7.64. The summed E-state index contributed by atoms with van der Waals surface area (Å²) in [6.07, 6.45) is 6.83. The van der Waals surface area contributed by atoms with Crippen LogP contribution in [0.3, 0.4) is 0 Å². The zero-order valence-corrected chi connectivity index (χ0v) is 20.7. The number of amides is 2. The van der Waals surface area contributed by atoms with Gasteiger partial charge in [-0.15, -0.1) is 0 Å². The molecule has 36 heavy (non-hydrogen) atoms. The molecule has 0 radical (unpaired) electrons. The minimum Gasteiger partial charge on any atom is -0.446 e. The van der Waals surface area contributed by atoms with Crippen LogP contribution in [0.2, 0.25) is 0 Å². The summed E-state index contributed by atoms with van der Waals surface area (Å²) in [6, 6.07) is 9.87. The Morgan fingerprint density at radius 2 is 1.75 bits per heavy atom. The van der Waals surface area contributed by atoms with Gasteiger partial charge in [0, 0.05) is 18.2 Å². The molecule has 1 aromatic carbocycles. The Morgan fingerprint density at radius 3 is 2.36 bits per heavy atom. The van der Waals surface area contributed by atoms with E-state index in [0.717, 1.165) is 25.7 Å². The first kappa shape index (κ1) is 23.3. The molecular weight excluding hydrogens is 458 g/mol. The molecule has 5 aliphatic rings. The third-order valence-corrected chi connectivity index (χ3v) is 8.73. The van der Waals surface area contributed by atoms with Crippen LogP contribution >= 0.6 is 0 Å². The van der Waals surface area contributed by atoms with Crippen molar-refractivity contribution in [1.82, 2.24) is 10.1 Å². The molecule has 4 bridgehead atoms. The molecule has 1 saturated heterocycles. The summed E-state index contributed by atoms with van der Waals surface area (Å²) >= 11 is 0. The number of esters is 1. The largest absolute Gasteiger partial charge is 0.446 e. The van der Waals surface area contributed by atoms with Gasteiger partial charge in [0.1, 0.15) is 11.8 Å². The van der Waals surface area contributed by atoms with E-state index < -0.39 is 24.0 Å². The molecule has 8 nitrogen and oxygen atoms in total. The number of likely N-dealkylation sites (tertiary alicyclic amines) is 1. The Hall–Kier alpha value is -3.16. The maximum absolute atomic E-state index is 14.0. The molecule has 0 spiro atoms. The zero-order valence-electron chi connectivity index (χ0n) is 20.7. The number of carbonyl (C=O) groups excluding carboxylic acids is 3. The minimum atomic E-state index is -1.16. The van der Waals surface area contributed by atoms with Gasteiger partial charge in [0.05, 0.1) is 5.41 Å². The molecule has 2 heterocycles. The molecule has 1 aromatic heterocycles. The zero-order chi connectivity index (χ0) is 24.9. The van der Waals surface area contributed by atoms with Crippen molar-refractivity contribution in [2.24, 2.45) is 23.2 Å². The standard InChI is InChI=1S/C28H33N3O5/c1-17-10-23(30-36-17)29-25(32)24(21-6-3-2-4-7-21)35-26(33)22-8-5-9-31(22)27(34)28-14-18-11-19(15-28)13-20(12-18)16-28/h2-4,6-7,10,18-20,22,24H,5,8-9,11-16H2,1H3,(H,29,30,32). The van der Waals surface area contributed by atoms with E-state index >= 15 is 0 Å². The van der Waals surface area contributed by atoms with Gasteiger partial charge in [-0.3, -0.25) is 9.59 Å². The van der Waals surface area contributed by atoms with E-state index in [2.05, 4.69) is 10.5 Å². The number of nitrogens with one attached hydrogen (secondary N) is 1. The monoisotopic (exact) mass is 491 g/mol. The number of aryl methyl sites for hydroxylation is 1. The van der Waals surface area contributed by atoms with Crippen molar-refractivity contribution >= 4 is 23.6 Å². The summed E-state index contributed by atoms with van der Waals surface area (Å²) in [5.41, 5.74) is 0.249. The first-order valence-corrected chi connectivity index (χ1v) is 13.2. The second-order valence-electron chi connectivity index (χ2n) is 11.4. The molecule has 5 fully saturated rings. The summed E-state index contributed by atoms with van der Waals surface area (Å²) in [7, 11) is 0. The van der Waals surface area contributed by atoms with Crippen LogP contribution in [0.4, 0.5) is 5.82 Å². The minimum absolute atomic E-state index is 0.139. The van der Waals surface area contributed by atoms with Crippen LogP contribution in [0.25, 0.3) is 0 Å². The van der Waals surface area contributed by atoms with E-state index in [1.807, 2.05) is 6.07 Å². The smallest absolute Gasteiger partial charge is 0.329 e. The lowest BCUT2D eigenvalue weighted by molar-refractivity contribution is -0.169. The quantitative estimate of drug-likeness (QED) is 0.601. The highest BCUT2D eigenvalue weighted by Crippen LogP contribution is 2.60. The fraction of sp³-hybridized carbons (Fsp3) is 0.571. The number of nitrogens with zero attached hydrogens (tertiary/aromatic N) is 2. The average Bonchev–Trinajstić information content (AvgIpc) is 3.50. The molecule has 8 heteroatoms. The molecule has 2 atom stereocenters. The molecule has 2 unspecified atom stereocenters. The van der Waals surface area contributed by atoms with Crippen molar-refractivity contribution in [2.45, 2.75) is 70.4 Å². The van der Waals surface area contributed by atoms with Crippen LogP contribution < -0.4 is 5.32 Å². The molecule has 7 rings (SSSR count). The highest BCUT2D eigenvalue weighted by molar-refractivity contribution is 5.96. The lowest BCUT2D eigenvalue weighted by atomic mass is 9.49. The second-order valence-corrected chi connectivity index (χ2v) is 11.4. The van der Waals surface area contributed by atoms with E-state index in [4.69, 9.17) is 9.26 Å². The van der Waals surface area contributed by atoms with Gasteiger partial charge in [-0.2, -0.15) is 0 Å². The highest BCUT2D eigenvalue weighted by Gasteiger charge is 2.57. The Bertz CT molecular complexity index is 1120. The number of hydrogen-bond acceptors (Lipinski definition) is 6. The highest BCUT2D eigenvalue weighted by atomic mass is 16.6. The third-order valence-electron chi connectivity index (χ3n) is 8.73. The van der Waals surface area contributed by atoms with Crippen LogP contribution in [0.1, 0.15) is 68.8 Å². The number of hydrogen-bond donors (Lipinski definition) is 1. The lowest BCUT2D eigenvalue weighted by Crippen LogP contribution is -2.56. The van der Waals surface area contributed by atoms with Crippen molar-refractivity contribution in [2.75, 3.05) is 11.9 Å². The number of aromatic nitrogens is 1. The average molecular weight is 492 g/mol. The topological polar surface area (TPSA) is 102 Å². The lowest BCUT2D eigenvalue weighted by Gasteiger charge is -2.56. The molecule has 4 saturated carbocycles. The number of anilines is 1. The Balaban J connectivity index is 1.20. The second kappa shape index (κ2) is 9.05. The molecular formula is C28H33N3O5. The van der Waals surface area contributed by atoms with Gasteiger partial charge < -0.3 is 19.5 Å². The van der Waals surface area contributed by atoms with E-state index in [-0.39, 0.29) is 17.1 Å². The van der Waals surface area contributed by atoms with E-state index in [1.165, 1.54) is 19.3 Å². The Morgan fingerprint density at radius 1 is 1.08 bits per heavy atom.